The number of ether oxygens (including phenoxy) is 1. The van der Waals surface area contributed by atoms with Crippen LogP contribution >= 0.6 is 0 Å². The molecular formula is C24H29N3O4. The van der Waals surface area contributed by atoms with Crippen LogP contribution in [-0.4, -0.2) is 53.0 Å². The van der Waals surface area contributed by atoms with Gasteiger partial charge in [-0.2, -0.15) is 0 Å². The van der Waals surface area contributed by atoms with Crippen LogP contribution < -0.4 is 4.74 Å². The molecule has 0 aromatic heterocycles. The zero-order chi connectivity index (χ0) is 22.5. The first-order valence-electron chi connectivity index (χ1n) is 10.5. The molecule has 0 N–H and O–H groups in total. The molecule has 0 spiro atoms. The highest BCUT2D eigenvalue weighted by Gasteiger charge is 2.66. The van der Waals surface area contributed by atoms with Gasteiger partial charge in [-0.1, -0.05) is 63.2 Å². The van der Waals surface area contributed by atoms with Crippen molar-refractivity contribution in [1.29, 1.82) is 0 Å². The summed E-state index contributed by atoms with van der Waals surface area (Å²) in [6.45, 7) is 6.23. The molecule has 0 radical (unpaired) electrons. The van der Waals surface area contributed by atoms with Gasteiger partial charge in [0, 0.05) is 12.0 Å². The number of likely N-dealkylation sites (N-methyl/N-ethyl adjacent to an activating group) is 1. The number of methoxy groups -OCH3 is 1. The number of carbonyl (C=O) groups is 1. The Hall–Kier alpha value is -2.93. The second-order valence-electron chi connectivity index (χ2n) is 9.51. The van der Waals surface area contributed by atoms with Gasteiger partial charge >= 0.3 is 0 Å². The molecule has 2 aromatic rings. The maximum atomic E-state index is 13.5. The second-order valence-corrected chi connectivity index (χ2v) is 9.51. The summed E-state index contributed by atoms with van der Waals surface area (Å²) in [7, 11) is 3.40. The van der Waals surface area contributed by atoms with Crippen LogP contribution in [0.15, 0.2) is 54.6 Å². The van der Waals surface area contributed by atoms with Gasteiger partial charge in [-0.3, -0.25) is 19.8 Å². The third kappa shape index (κ3) is 3.37. The Morgan fingerprint density at radius 2 is 1.58 bits per heavy atom. The van der Waals surface area contributed by atoms with E-state index in [1.807, 2.05) is 61.6 Å². The Labute approximate surface area is 182 Å². The van der Waals surface area contributed by atoms with E-state index in [4.69, 9.17) is 4.74 Å². The van der Waals surface area contributed by atoms with E-state index in [-0.39, 0.29) is 22.4 Å². The molecule has 7 nitrogen and oxygen atoms in total. The van der Waals surface area contributed by atoms with Gasteiger partial charge in [0.1, 0.15) is 17.8 Å². The summed E-state index contributed by atoms with van der Waals surface area (Å²) >= 11 is 0. The minimum absolute atomic E-state index is 0.0587. The normalized spacial score (nSPS) is 28.6. The van der Waals surface area contributed by atoms with E-state index in [2.05, 4.69) is 25.7 Å². The van der Waals surface area contributed by atoms with Crippen LogP contribution in [0.3, 0.4) is 0 Å². The largest absolute Gasteiger partial charge is 0.497 e. The number of hydrogen-bond acceptors (Lipinski definition) is 5. The SMILES string of the molecule is COc1ccc([C@@H]2[C@@H]([N+](=O)[O-])[C@H](c3ccccc3)C3C(=O)N(C)C(C(C)(C)C)N32)cc1. The Kier molecular flexibility index (Phi) is 5.25. The van der Waals surface area contributed by atoms with Gasteiger partial charge in [0.2, 0.25) is 11.9 Å². The summed E-state index contributed by atoms with van der Waals surface area (Å²) in [4.78, 5) is 29.7. The molecule has 0 aliphatic carbocycles. The number of nitrogens with zero attached hydrogens (tertiary/aromatic N) is 3. The summed E-state index contributed by atoms with van der Waals surface area (Å²) in [5.74, 6) is 0.0970. The molecule has 2 aromatic carbocycles. The van der Waals surface area contributed by atoms with Crippen LogP contribution in [0.2, 0.25) is 0 Å². The summed E-state index contributed by atoms with van der Waals surface area (Å²) in [5.41, 5.74) is 1.37. The van der Waals surface area contributed by atoms with E-state index < -0.39 is 24.0 Å². The molecule has 0 saturated carbocycles. The first kappa shape index (κ1) is 21.3. The fraction of sp³-hybridized carbons (Fsp3) is 0.458. The number of fused-ring (bicyclic) bond motifs is 1. The van der Waals surface area contributed by atoms with Crippen molar-refractivity contribution < 1.29 is 14.5 Å². The minimum Gasteiger partial charge on any atom is -0.497 e. The lowest BCUT2D eigenvalue weighted by Gasteiger charge is -2.40. The lowest BCUT2D eigenvalue weighted by atomic mass is 9.84. The van der Waals surface area contributed by atoms with Crippen LogP contribution in [0, 0.1) is 15.5 Å². The van der Waals surface area contributed by atoms with Crippen molar-refractivity contribution >= 4 is 5.91 Å². The van der Waals surface area contributed by atoms with E-state index in [1.54, 1.807) is 12.0 Å². The van der Waals surface area contributed by atoms with Crippen molar-refractivity contribution in [3.8, 4) is 5.75 Å². The van der Waals surface area contributed by atoms with Crippen molar-refractivity contribution in [3.63, 3.8) is 0 Å². The van der Waals surface area contributed by atoms with Crippen LogP contribution in [0.25, 0.3) is 0 Å². The molecule has 1 amide bonds. The first-order chi connectivity index (χ1) is 14.7. The average Bonchev–Trinajstić information content (AvgIpc) is 3.21. The van der Waals surface area contributed by atoms with E-state index in [9.17, 15) is 14.9 Å². The van der Waals surface area contributed by atoms with Gasteiger partial charge in [0.05, 0.1) is 19.2 Å². The lowest BCUT2D eigenvalue weighted by molar-refractivity contribution is -0.529. The van der Waals surface area contributed by atoms with Crippen LogP contribution in [-0.2, 0) is 4.79 Å². The van der Waals surface area contributed by atoms with Crippen molar-refractivity contribution in [1.82, 2.24) is 9.80 Å². The predicted molar refractivity (Wildman–Crippen MR) is 117 cm³/mol. The molecule has 2 aliphatic rings. The van der Waals surface area contributed by atoms with Gasteiger partial charge in [-0.15, -0.1) is 0 Å². The number of benzene rings is 2. The van der Waals surface area contributed by atoms with Crippen LogP contribution in [0.1, 0.15) is 43.9 Å². The molecule has 4 rings (SSSR count). The molecule has 5 atom stereocenters. The quantitative estimate of drug-likeness (QED) is 0.554. The van der Waals surface area contributed by atoms with E-state index in [1.165, 1.54) is 0 Å². The summed E-state index contributed by atoms with van der Waals surface area (Å²) in [6, 6.07) is 14.8. The standard InChI is InChI=1S/C24H29N3O4/c1-24(2,3)23-25(4)22(28)21-18(15-9-7-6-8-10-15)20(27(29)30)19(26(21)23)16-11-13-17(31-5)14-12-16/h6-14,18-21,23H,1-5H3/t18-,19+,20-,21?,23?/m0/s1. The zero-order valence-corrected chi connectivity index (χ0v) is 18.6. The summed E-state index contributed by atoms with van der Waals surface area (Å²) in [6.07, 6.45) is -0.256. The van der Waals surface area contributed by atoms with Crippen LogP contribution in [0.4, 0.5) is 0 Å². The smallest absolute Gasteiger partial charge is 0.241 e. The number of carbonyl (C=O) groups excluding carboxylic acids is 1. The summed E-state index contributed by atoms with van der Waals surface area (Å²) in [5, 5.41) is 12.5. The number of hydrogen-bond donors (Lipinski definition) is 0. The van der Waals surface area contributed by atoms with Gasteiger partial charge < -0.3 is 9.64 Å². The maximum absolute atomic E-state index is 13.5. The second kappa shape index (κ2) is 7.64. The maximum Gasteiger partial charge on any atom is 0.241 e. The van der Waals surface area contributed by atoms with Gasteiger partial charge in [0.15, 0.2) is 0 Å². The molecular weight excluding hydrogens is 394 g/mol. The number of amides is 1. The molecule has 31 heavy (non-hydrogen) atoms. The van der Waals surface area contributed by atoms with Gasteiger partial charge in [-0.05, 0) is 28.7 Å². The van der Waals surface area contributed by atoms with Gasteiger partial charge in [-0.25, -0.2) is 0 Å². The third-order valence-corrected chi connectivity index (χ3v) is 6.58. The Balaban J connectivity index is 1.93. The van der Waals surface area contributed by atoms with E-state index in [0.29, 0.717) is 5.75 Å². The van der Waals surface area contributed by atoms with Crippen molar-refractivity contribution in [2.24, 2.45) is 5.41 Å². The Morgan fingerprint density at radius 1 is 0.968 bits per heavy atom. The van der Waals surface area contributed by atoms with E-state index >= 15 is 0 Å². The van der Waals surface area contributed by atoms with Gasteiger partial charge in [0.25, 0.3) is 0 Å². The molecule has 2 unspecified atom stereocenters. The topological polar surface area (TPSA) is 75.9 Å². The highest BCUT2D eigenvalue weighted by molar-refractivity contribution is 5.86. The van der Waals surface area contributed by atoms with Crippen molar-refractivity contribution in [2.75, 3.05) is 14.2 Å². The molecule has 2 saturated heterocycles. The minimum atomic E-state index is -0.941. The molecule has 2 aliphatic heterocycles. The number of rotatable bonds is 4. The molecule has 0 bridgehead atoms. The van der Waals surface area contributed by atoms with Crippen molar-refractivity contribution in [3.05, 3.63) is 75.8 Å². The molecule has 7 heteroatoms. The number of nitro groups is 1. The van der Waals surface area contributed by atoms with Crippen LogP contribution in [0.5, 0.6) is 5.75 Å². The third-order valence-electron chi connectivity index (χ3n) is 6.58. The first-order valence-corrected chi connectivity index (χ1v) is 10.5. The monoisotopic (exact) mass is 423 g/mol. The molecule has 2 fully saturated rings. The zero-order valence-electron chi connectivity index (χ0n) is 18.6. The predicted octanol–water partition coefficient (Wildman–Crippen LogP) is 3.69. The molecule has 164 valence electrons. The Morgan fingerprint density at radius 3 is 2.10 bits per heavy atom. The highest BCUT2D eigenvalue weighted by atomic mass is 16.6. The van der Waals surface area contributed by atoms with E-state index in [0.717, 1.165) is 11.1 Å². The fourth-order valence-corrected chi connectivity index (χ4v) is 5.53. The van der Waals surface area contributed by atoms with Crippen molar-refractivity contribution in [2.45, 2.75) is 51.0 Å². The Bertz CT molecular complexity index is 971. The summed E-state index contributed by atoms with van der Waals surface area (Å²) < 4.78 is 5.28. The fourth-order valence-electron chi connectivity index (χ4n) is 5.53. The lowest BCUT2D eigenvalue weighted by Crippen LogP contribution is -2.49. The molecule has 2 heterocycles. The average molecular weight is 424 g/mol. The highest BCUT2D eigenvalue weighted by Crippen LogP contribution is 2.53.